The van der Waals surface area contributed by atoms with Crippen molar-refractivity contribution in [2.45, 2.75) is 19.4 Å². The first kappa shape index (κ1) is 12.2. The molecule has 0 saturated carbocycles. The third-order valence-corrected chi connectivity index (χ3v) is 2.32. The lowest BCUT2D eigenvalue weighted by Crippen LogP contribution is -2.33. The molecule has 0 bridgehead atoms. The van der Waals surface area contributed by atoms with Crippen LogP contribution in [-0.2, 0) is 16.0 Å². The minimum Gasteiger partial charge on any atom is -0.468 e. The number of nitrogens with two attached hydrogens (primary N) is 1. The number of nitrogens with zero attached hydrogens (tertiary/aromatic N) is 1. The molecule has 1 rings (SSSR count). The summed E-state index contributed by atoms with van der Waals surface area (Å²) in [4.78, 5) is 11.2. The highest BCUT2D eigenvalue weighted by molar-refractivity contribution is 5.75. The van der Waals surface area contributed by atoms with E-state index >= 15 is 0 Å². The first-order chi connectivity index (χ1) is 7.58. The van der Waals surface area contributed by atoms with Gasteiger partial charge in [0, 0.05) is 0 Å². The van der Waals surface area contributed by atoms with Gasteiger partial charge in [-0.1, -0.05) is 17.7 Å². The Morgan fingerprint density at radius 3 is 2.88 bits per heavy atom. The molecule has 0 aliphatic heterocycles. The molecule has 2 N–H and O–H groups in total. The van der Waals surface area contributed by atoms with Gasteiger partial charge >= 0.3 is 5.97 Å². The average molecular weight is 218 g/mol. The van der Waals surface area contributed by atoms with Crippen LogP contribution in [0.25, 0.3) is 0 Å². The Labute approximate surface area is 94.6 Å². The molecule has 16 heavy (non-hydrogen) atoms. The fraction of sp³-hybridized carbons (Fsp3) is 0.333. The maximum Gasteiger partial charge on any atom is 0.322 e. The number of rotatable bonds is 3. The van der Waals surface area contributed by atoms with Gasteiger partial charge in [-0.25, -0.2) is 0 Å². The number of esters is 1. The van der Waals surface area contributed by atoms with E-state index in [4.69, 9.17) is 11.0 Å². The SMILES string of the molecule is COC(=O)[C@@H](N)Cc1cc(C)ccc1C#N. The predicted molar refractivity (Wildman–Crippen MR) is 59.6 cm³/mol. The van der Waals surface area contributed by atoms with Crippen LogP contribution in [0.3, 0.4) is 0 Å². The normalized spacial score (nSPS) is 11.6. The predicted octanol–water partition coefficient (Wildman–Crippen LogP) is 0.909. The summed E-state index contributed by atoms with van der Waals surface area (Å²) < 4.78 is 4.54. The Kier molecular flexibility index (Phi) is 4.03. The number of carbonyl (C=O) groups excluding carboxylic acids is 1. The molecule has 0 amide bonds. The molecule has 0 aliphatic rings. The van der Waals surface area contributed by atoms with Gasteiger partial charge in [-0.05, 0) is 25.0 Å². The monoisotopic (exact) mass is 218 g/mol. The minimum absolute atomic E-state index is 0.317. The van der Waals surface area contributed by atoms with Crippen molar-refractivity contribution in [1.29, 1.82) is 5.26 Å². The van der Waals surface area contributed by atoms with E-state index < -0.39 is 12.0 Å². The van der Waals surface area contributed by atoms with Crippen LogP contribution >= 0.6 is 0 Å². The van der Waals surface area contributed by atoms with Crippen molar-refractivity contribution in [1.82, 2.24) is 0 Å². The Balaban J connectivity index is 2.92. The van der Waals surface area contributed by atoms with Gasteiger partial charge in [-0.15, -0.1) is 0 Å². The number of ether oxygens (including phenoxy) is 1. The molecule has 1 aromatic rings. The molecule has 0 radical (unpaired) electrons. The quantitative estimate of drug-likeness (QED) is 0.765. The highest BCUT2D eigenvalue weighted by Gasteiger charge is 2.16. The van der Waals surface area contributed by atoms with E-state index in [-0.39, 0.29) is 0 Å². The Hall–Kier alpha value is -1.86. The third-order valence-electron chi connectivity index (χ3n) is 2.32. The van der Waals surface area contributed by atoms with E-state index in [1.165, 1.54) is 7.11 Å². The second-order valence-corrected chi connectivity index (χ2v) is 3.61. The molecule has 1 aromatic carbocycles. The van der Waals surface area contributed by atoms with Crippen LogP contribution in [0.1, 0.15) is 16.7 Å². The highest BCUT2D eigenvalue weighted by Crippen LogP contribution is 2.12. The van der Waals surface area contributed by atoms with Crippen LogP contribution in [0, 0.1) is 18.3 Å². The van der Waals surface area contributed by atoms with Gasteiger partial charge in [0.2, 0.25) is 0 Å². The summed E-state index contributed by atoms with van der Waals surface area (Å²) in [6.07, 6.45) is 0.317. The smallest absolute Gasteiger partial charge is 0.322 e. The van der Waals surface area contributed by atoms with Crippen LogP contribution in [0.2, 0.25) is 0 Å². The molecule has 4 heteroatoms. The Morgan fingerprint density at radius 1 is 1.62 bits per heavy atom. The van der Waals surface area contributed by atoms with E-state index in [0.717, 1.165) is 11.1 Å². The number of aryl methyl sites for hydroxylation is 1. The summed E-state index contributed by atoms with van der Waals surface area (Å²) in [7, 11) is 1.30. The summed E-state index contributed by atoms with van der Waals surface area (Å²) in [6.45, 7) is 1.92. The molecule has 1 atom stereocenters. The standard InChI is InChI=1S/C12H14N2O2/c1-8-3-4-9(7-13)10(5-8)6-11(14)12(15)16-2/h3-5,11H,6,14H2,1-2H3/t11-/m0/s1. The zero-order chi connectivity index (χ0) is 12.1. The van der Waals surface area contributed by atoms with E-state index in [1.807, 2.05) is 19.1 Å². The van der Waals surface area contributed by atoms with Crippen molar-refractivity contribution in [2.75, 3.05) is 7.11 Å². The lowest BCUT2D eigenvalue weighted by molar-refractivity contribution is -0.142. The molecule has 0 aliphatic carbocycles. The average Bonchev–Trinajstić information content (AvgIpc) is 2.28. The number of nitriles is 1. The number of hydrogen-bond donors (Lipinski definition) is 1. The van der Waals surface area contributed by atoms with E-state index in [9.17, 15) is 4.79 Å². The number of benzene rings is 1. The van der Waals surface area contributed by atoms with Crippen LogP contribution < -0.4 is 5.73 Å². The summed E-state index contributed by atoms with van der Waals surface area (Å²) in [5.41, 5.74) is 8.01. The minimum atomic E-state index is -0.723. The molecule has 84 valence electrons. The molecule has 4 nitrogen and oxygen atoms in total. The zero-order valence-corrected chi connectivity index (χ0v) is 9.36. The summed E-state index contributed by atoms with van der Waals surface area (Å²) in [5, 5.41) is 8.91. The highest BCUT2D eigenvalue weighted by atomic mass is 16.5. The van der Waals surface area contributed by atoms with Crippen molar-refractivity contribution < 1.29 is 9.53 Å². The van der Waals surface area contributed by atoms with Crippen LogP contribution in [-0.4, -0.2) is 19.1 Å². The van der Waals surface area contributed by atoms with E-state index in [0.29, 0.717) is 12.0 Å². The number of carbonyl (C=O) groups is 1. The summed E-state index contributed by atoms with van der Waals surface area (Å²) in [6, 6.07) is 6.80. The summed E-state index contributed by atoms with van der Waals surface area (Å²) in [5.74, 6) is -0.467. The molecule has 0 saturated heterocycles. The molecule has 0 fully saturated rings. The molecule has 0 aromatic heterocycles. The largest absolute Gasteiger partial charge is 0.468 e. The lowest BCUT2D eigenvalue weighted by atomic mass is 9.99. The maximum atomic E-state index is 11.2. The van der Waals surface area contributed by atoms with Gasteiger partial charge in [-0.2, -0.15) is 5.26 Å². The molecule has 0 spiro atoms. The lowest BCUT2D eigenvalue weighted by Gasteiger charge is -2.10. The van der Waals surface area contributed by atoms with Crippen LogP contribution in [0.5, 0.6) is 0 Å². The van der Waals surface area contributed by atoms with Crippen molar-refractivity contribution in [3.63, 3.8) is 0 Å². The van der Waals surface area contributed by atoms with Gasteiger partial charge in [0.1, 0.15) is 6.04 Å². The fourth-order valence-electron chi connectivity index (χ4n) is 1.47. The van der Waals surface area contributed by atoms with Gasteiger partial charge in [0.15, 0.2) is 0 Å². The third kappa shape index (κ3) is 2.81. The number of hydrogen-bond acceptors (Lipinski definition) is 4. The van der Waals surface area contributed by atoms with Crippen molar-refractivity contribution >= 4 is 5.97 Å². The van der Waals surface area contributed by atoms with Crippen molar-refractivity contribution in [2.24, 2.45) is 5.73 Å². The molecular formula is C12H14N2O2. The Bertz CT molecular complexity index is 435. The second-order valence-electron chi connectivity index (χ2n) is 3.61. The molecule has 0 unspecified atom stereocenters. The first-order valence-electron chi connectivity index (χ1n) is 4.91. The van der Waals surface area contributed by atoms with Crippen molar-refractivity contribution in [3.8, 4) is 6.07 Å². The zero-order valence-electron chi connectivity index (χ0n) is 9.36. The topological polar surface area (TPSA) is 76.1 Å². The van der Waals surface area contributed by atoms with Gasteiger partial charge in [0.05, 0.1) is 18.7 Å². The van der Waals surface area contributed by atoms with Gasteiger partial charge in [0.25, 0.3) is 0 Å². The van der Waals surface area contributed by atoms with E-state index in [2.05, 4.69) is 10.8 Å². The maximum absolute atomic E-state index is 11.2. The van der Waals surface area contributed by atoms with Gasteiger partial charge in [-0.3, -0.25) is 4.79 Å². The molecular weight excluding hydrogens is 204 g/mol. The second kappa shape index (κ2) is 5.29. The van der Waals surface area contributed by atoms with Crippen molar-refractivity contribution in [3.05, 3.63) is 34.9 Å². The Morgan fingerprint density at radius 2 is 2.31 bits per heavy atom. The fourth-order valence-corrected chi connectivity index (χ4v) is 1.47. The van der Waals surface area contributed by atoms with Crippen LogP contribution in [0.15, 0.2) is 18.2 Å². The summed E-state index contributed by atoms with van der Waals surface area (Å²) >= 11 is 0. The van der Waals surface area contributed by atoms with Crippen LogP contribution in [0.4, 0.5) is 0 Å². The first-order valence-corrected chi connectivity index (χ1v) is 4.91. The van der Waals surface area contributed by atoms with E-state index in [1.54, 1.807) is 6.07 Å². The molecule has 0 heterocycles. The number of methoxy groups -OCH3 is 1. The van der Waals surface area contributed by atoms with Gasteiger partial charge < -0.3 is 10.5 Å².